The van der Waals surface area contributed by atoms with Crippen molar-refractivity contribution in [2.75, 3.05) is 11.9 Å². The second kappa shape index (κ2) is 8.64. The summed E-state index contributed by atoms with van der Waals surface area (Å²) in [5.74, 6) is 0.543. The van der Waals surface area contributed by atoms with E-state index >= 15 is 0 Å². The Hall–Kier alpha value is -2.92. The Morgan fingerprint density at radius 3 is 2.63 bits per heavy atom. The fourth-order valence-corrected chi connectivity index (χ4v) is 3.49. The molecule has 1 aromatic heterocycles. The van der Waals surface area contributed by atoms with Crippen LogP contribution in [0.15, 0.2) is 54.6 Å². The Kier molecular flexibility index (Phi) is 6.04. The smallest absolute Gasteiger partial charge is 0.250 e. The number of ether oxygens (including phenoxy) is 1. The highest BCUT2D eigenvalue weighted by Gasteiger charge is 2.11. The van der Waals surface area contributed by atoms with Gasteiger partial charge in [0.25, 0.3) is 0 Å². The number of aryl methyl sites for hydroxylation is 2. The monoisotopic (exact) mass is 378 g/mol. The number of aromatic nitrogens is 1. The number of amides is 1. The van der Waals surface area contributed by atoms with Gasteiger partial charge < -0.3 is 4.74 Å². The standard InChI is InChI=1S/C22H22N2O2S/c1-4-26-19-8-6-5-7-17(19)13-14-20(25)23-22-24-21(16(3)27-22)18-11-9-15(2)10-12-18/h5-14H,4H2,1-3H3,(H,23,24,25). The van der Waals surface area contributed by atoms with Crippen molar-refractivity contribution in [1.29, 1.82) is 0 Å². The minimum Gasteiger partial charge on any atom is -0.493 e. The highest BCUT2D eigenvalue weighted by molar-refractivity contribution is 7.16. The number of hydrogen-bond acceptors (Lipinski definition) is 4. The highest BCUT2D eigenvalue weighted by atomic mass is 32.1. The van der Waals surface area contributed by atoms with E-state index in [4.69, 9.17) is 4.74 Å². The highest BCUT2D eigenvalue weighted by Crippen LogP contribution is 2.30. The first-order valence-electron chi connectivity index (χ1n) is 8.82. The molecule has 3 aromatic rings. The van der Waals surface area contributed by atoms with Crippen molar-refractivity contribution in [2.24, 2.45) is 0 Å². The molecule has 0 bridgehead atoms. The molecule has 1 amide bonds. The first kappa shape index (κ1) is 18.9. The number of nitrogens with zero attached hydrogens (tertiary/aromatic N) is 1. The molecule has 1 N–H and O–H groups in total. The number of nitrogens with one attached hydrogen (secondary N) is 1. The van der Waals surface area contributed by atoms with Gasteiger partial charge in [-0.2, -0.15) is 0 Å². The molecule has 0 atom stereocenters. The van der Waals surface area contributed by atoms with Crippen LogP contribution in [0.2, 0.25) is 0 Å². The van der Waals surface area contributed by atoms with Crippen LogP contribution in [-0.2, 0) is 4.79 Å². The minimum atomic E-state index is -0.217. The van der Waals surface area contributed by atoms with Crippen LogP contribution in [0, 0.1) is 13.8 Å². The summed E-state index contributed by atoms with van der Waals surface area (Å²) in [5.41, 5.74) is 4.03. The molecule has 0 fully saturated rings. The second-order valence-corrected chi connectivity index (χ2v) is 7.29. The van der Waals surface area contributed by atoms with E-state index in [1.54, 1.807) is 6.08 Å². The van der Waals surface area contributed by atoms with E-state index in [0.29, 0.717) is 11.7 Å². The Morgan fingerprint density at radius 1 is 1.15 bits per heavy atom. The van der Waals surface area contributed by atoms with Crippen LogP contribution in [0.1, 0.15) is 22.9 Å². The molecule has 1 heterocycles. The number of hydrogen-bond donors (Lipinski definition) is 1. The summed E-state index contributed by atoms with van der Waals surface area (Å²) in [6.45, 7) is 6.58. The average molecular weight is 378 g/mol. The number of para-hydroxylation sites is 1. The van der Waals surface area contributed by atoms with Crippen LogP contribution in [0.25, 0.3) is 17.3 Å². The molecule has 0 unspecified atom stereocenters. The van der Waals surface area contributed by atoms with E-state index in [1.165, 1.54) is 23.0 Å². The van der Waals surface area contributed by atoms with E-state index < -0.39 is 0 Å². The van der Waals surface area contributed by atoms with Crippen LogP contribution in [0.5, 0.6) is 5.75 Å². The normalized spacial score (nSPS) is 10.9. The molecule has 27 heavy (non-hydrogen) atoms. The Morgan fingerprint density at radius 2 is 1.89 bits per heavy atom. The van der Waals surface area contributed by atoms with Gasteiger partial charge in [0.2, 0.25) is 5.91 Å². The van der Waals surface area contributed by atoms with Crippen molar-refractivity contribution in [2.45, 2.75) is 20.8 Å². The predicted molar refractivity (Wildman–Crippen MR) is 112 cm³/mol. The molecule has 2 aromatic carbocycles. The number of carbonyl (C=O) groups is 1. The van der Waals surface area contributed by atoms with Gasteiger partial charge in [-0.1, -0.05) is 48.0 Å². The number of thiazole rings is 1. The number of carbonyl (C=O) groups excluding carboxylic acids is 1. The van der Waals surface area contributed by atoms with Gasteiger partial charge in [-0.05, 0) is 32.9 Å². The maximum atomic E-state index is 12.3. The quantitative estimate of drug-likeness (QED) is 0.578. The van der Waals surface area contributed by atoms with E-state index in [1.807, 2.05) is 50.2 Å². The summed E-state index contributed by atoms with van der Waals surface area (Å²) in [6.07, 6.45) is 3.25. The summed E-state index contributed by atoms with van der Waals surface area (Å²) in [5, 5.41) is 3.44. The predicted octanol–water partition coefficient (Wildman–Crippen LogP) is 5.48. The van der Waals surface area contributed by atoms with Crippen molar-refractivity contribution in [3.05, 3.63) is 70.6 Å². The van der Waals surface area contributed by atoms with Crippen LogP contribution in [0.4, 0.5) is 5.13 Å². The van der Waals surface area contributed by atoms with Crippen molar-refractivity contribution in [3.8, 4) is 17.0 Å². The molecule has 0 aliphatic carbocycles. The van der Waals surface area contributed by atoms with E-state index in [-0.39, 0.29) is 5.91 Å². The topological polar surface area (TPSA) is 51.2 Å². The third-order valence-corrected chi connectivity index (χ3v) is 4.87. The third kappa shape index (κ3) is 4.83. The van der Waals surface area contributed by atoms with Crippen LogP contribution >= 0.6 is 11.3 Å². The lowest BCUT2D eigenvalue weighted by Crippen LogP contribution is -2.07. The number of rotatable bonds is 6. The van der Waals surface area contributed by atoms with Gasteiger partial charge in [0, 0.05) is 22.1 Å². The van der Waals surface area contributed by atoms with Gasteiger partial charge in [-0.25, -0.2) is 4.98 Å². The van der Waals surface area contributed by atoms with Gasteiger partial charge in [-0.3, -0.25) is 10.1 Å². The lowest BCUT2D eigenvalue weighted by atomic mass is 10.1. The van der Waals surface area contributed by atoms with E-state index in [0.717, 1.165) is 27.4 Å². The van der Waals surface area contributed by atoms with Gasteiger partial charge in [0.1, 0.15) is 5.75 Å². The fraction of sp³-hybridized carbons (Fsp3) is 0.182. The molecule has 138 valence electrons. The average Bonchev–Trinajstić information content (AvgIpc) is 3.02. The number of anilines is 1. The molecule has 0 radical (unpaired) electrons. The molecule has 0 aliphatic rings. The lowest BCUT2D eigenvalue weighted by Gasteiger charge is -2.06. The molecule has 4 nitrogen and oxygen atoms in total. The molecular weight excluding hydrogens is 356 g/mol. The van der Waals surface area contributed by atoms with Crippen LogP contribution in [-0.4, -0.2) is 17.5 Å². The van der Waals surface area contributed by atoms with Crippen molar-refractivity contribution in [3.63, 3.8) is 0 Å². The Bertz CT molecular complexity index is 959. The van der Waals surface area contributed by atoms with Crippen molar-refractivity contribution < 1.29 is 9.53 Å². The zero-order valence-corrected chi connectivity index (χ0v) is 16.5. The van der Waals surface area contributed by atoms with Crippen molar-refractivity contribution >= 4 is 28.5 Å². The fourth-order valence-electron chi connectivity index (χ4n) is 2.65. The van der Waals surface area contributed by atoms with Gasteiger partial charge in [-0.15, -0.1) is 11.3 Å². The molecular formula is C22H22N2O2S. The van der Waals surface area contributed by atoms with Crippen LogP contribution < -0.4 is 10.1 Å². The minimum absolute atomic E-state index is 0.217. The van der Waals surface area contributed by atoms with E-state index in [2.05, 4.69) is 29.4 Å². The molecule has 0 aliphatic heterocycles. The van der Waals surface area contributed by atoms with Crippen LogP contribution in [0.3, 0.4) is 0 Å². The van der Waals surface area contributed by atoms with Gasteiger partial charge in [0.15, 0.2) is 5.13 Å². The molecule has 0 saturated heterocycles. The zero-order valence-electron chi connectivity index (χ0n) is 15.7. The SMILES string of the molecule is CCOc1ccccc1C=CC(=O)Nc1nc(-c2ccc(C)cc2)c(C)s1. The number of benzene rings is 2. The molecule has 3 rings (SSSR count). The Labute approximate surface area is 163 Å². The van der Waals surface area contributed by atoms with E-state index in [9.17, 15) is 4.79 Å². The summed E-state index contributed by atoms with van der Waals surface area (Å²) >= 11 is 1.47. The zero-order chi connectivity index (χ0) is 19.2. The largest absolute Gasteiger partial charge is 0.493 e. The first-order valence-corrected chi connectivity index (χ1v) is 9.64. The molecule has 5 heteroatoms. The summed E-state index contributed by atoms with van der Waals surface area (Å²) in [4.78, 5) is 17.9. The maximum Gasteiger partial charge on any atom is 0.250 e. The Balaban J connectivity index is 1.72. The molecule has 0 spiro atoms. The first-order chi connectivity index (χ1) is 13.1. The summed E-state index contributed by atoms with van der Waals surface area (Å²) in [7, 11) is 0. The molecule has 0 saturated carbocycles. The third-order valence-electron chi connectivity index (χ3n) is 3.98. The second-order valence-electron chi connectivity index (χ2n) is 6.08. The van der Waals surface area contributed by atoms with Gasteiger partial charge >= 0.3 is 0 Å². The van der Waals surface area contributed by atoms with Gasteiger partial charge in [0.05, 0.1) is 12.3 Å². The lowest BCUT2D eigenvalue weighted by molar-refractivity contribution is -0.111. The maximum absolute atomic E-state index is 12.3. The summed E-state index contributed by atoms with van der Waals surface area (Å²) < 4.78 is 5.57. The van der Waals surface area contributed by atoms with Crippen molar-refractivity contribution in [1.82, 2.24) is 4.98 Å². The summed E-state index contributed by atoms with van der Waals surface area (Å²) in [6, 6.07) is 15.8.